The second-order valence-corrected chi connectivity index (χ2v) is 9.32. The summed E-state index contributed by atoms with van der Waals surface area (Å²) >= 11 is 0. The first-order valence-corrected chi connectivity index (χ1v) is 11.3. The summed E-state index contributed by atoms with van der Waals surface area (Å²) in [7, 11) is 0. The fourth-order valence-electron chi connectivity index (χ4n) is 5.04. The van der Waals surface area contributed by atoms with Crippen molar-refractivity contribution in [1.29, 1.82) is 0 Å². The number of likely N-dealkylation sites (tertiary alicyclic amines) is 2. The van der Waals surface area contributed by atoms with E-state index in [-0.39, 0.29) is 11.8 Å². The summed E-state index contributed by atoms with van der Waals surface area (Å²) in [5.74, 6) is 1.82. The Bertz CT molecular complexity index is 486. The van der Waals surface area contributed by atoms with Crippen molar-refractivity contribution in [1.82, 2.24) is 15.1 Å². The number of amides is 2. The lowest BCUT2D eigenvalue weighted by atomic mass is 9.92. The van der Waals surface area contributed by atoms with Crippen LogP contribution in [0.4, 0.5) is 0 Å². The van der Waals surface area contributed by atoms with E-state index in [4.69, 9.17) is 0 Å². The molecule has 2 aliphatic heterocycles. The summed E-state index contributed by atoms with van der Waals surface area (Å²) in [5, 5.41) is 3.12. The van der Waals surface area contributed by atoms with Gasteiger partial charge >= 0.3 is 0 Å². The van der Waals surface area contributed by atoms with Gasteiger partial charge in [-0.05, 0) is 64.0 Å². The summed E-state index contributed by atoms with van der Waals surface area (Å²) < 4.78 is 0. The van der Waals surface area contributed by atoms with Crippen LogP contribution < -0.4 is 5.32 Å². The smallest absolute Gasteiger partial charge is 0.225 e. The van der Waals surface area contributed by atoms with Crippen molar-refractivity contribution in [2.45, 2.75) is 77.7 Å². The topological polar surface area (TPSA) is 52.7 Å². The van der Waals surface area contributed by atoms with Crippen LogP contribution >= 0.6 is 0 Å². The molecule has 0 bridgehead atoms. The summed E-state index contributed by atoms with van der Waals surface area (Å²) in [4.78, 5) is 29.6. The van der Waals surface area contributed by atoms with Gasteiger partial charge in [0, 0.05) is 37.5 Å². The van der Waals surface area contributed by atoms with Crippen LogP contribution in [0.3, 0.4) is 0 Å². The fraction of sp³-hybridized carbons (Fsp3) is 0.909. The van der Waals surface area contributed by atoms with Crippen molar-refractivity contribution in [2.75, 3.05) is 32.7 Å². The molecule has 3 rings (SSSR count). The zero-order chi connectivity index (χ0) is 19.2. The minimum Gasteiger partial charge on any atom is -0.356 e. The van der Waals surface area contributed by atoms with Gasteiger partial charge in [0.25, 0.3) is 0 Å². The van der Waals surface area contributed by atoms with Gasteiger partial charge in [0.1, 0.15) is 0 Å². The summed E-state index contributed by atoms with van der Waals surface area (Å²) in [6.45, 7) is 9.11. The molecule has 1 N–H and O–H groups in total. The molecule has 3 fully saturated rings. The van der Waals surface area contributed by atoms with Crippen LogP contribution in [0.1, 0.15) is 71.6 Å². The summed E-state index contributed by atoms with van der Waals surface area (Å²) in [6.07, 6.45) is 9.89. The van der Waals surface area contributed by atoms with E-state index >= 15 is 0 Å². The zero-order valence-corrected chi connectivity index (χ0v) is 17.4. The van der Waals surface area contributed by atoms with E-state index in [2.05, 4.69) is 29.0 Å². The van der Waals surface area contributed by atoms with Gasteiger partial charge in [0.05, 0.1) is 0 Å². The minimum atomic E-state index is 0.192. The Kier molecular flexibility index (Phi) is 7.57. The molecule has 2 saturated heterocycles. The number of nitrogens with one attached hydrogen (secondary N) is 1. The highest BCUT2D eigenvalue weighted by Crippen LogP contribution is 2.29. The van der Waals surface area contributed by atoms with Gasteiger partial charge in [-0.2, -0.15) is 0 Å². The minimum absolute atomic E-state index is 0.192. The molecule has 1 aliphatic carbocycles. The average Bonchev–Trinajstić information content (AvgIpc) is 3.22. The van der Waals surface area contributed by atoms with Crippen LogP contribution in [0.5, 0.6) is 0 Å². The van der Waals surface area contributed by atoms with E-state index < -0.39 is 0 Å². The first-order valence-electron chi connectivity index (χ1n) is 11.3. The molecule has 0 aromatic rings. The molecule has 154 valence electrons. The third-order valence-electron chi connectivity index (χ3n) is 6.92. The largest absolute Gasteiger partial charge is 0.356 e. The number of nitrogens with zero attached hydrogens (tertiary/aromatic N) is 2. The maximum atomic E-state index is 12.6. The van der Waals surface area contributed by atoms with Gasteiger partial charge in [-0.1, -0.05) is 26.7 Å². The Balaban J connectivity index is 1.35. The SMILES string of the molecule is CC(C)CCNC(=O)C1CCN(C2CCN(C(=O)C3CCCC3)CC2)CC1. The highest BCUT2D eigenvalue weighted by molar-refractivity contribution is 5.79. The van der Waals surface area contributed by atoms with Gasteiger partial charge in [0.15, 0.2) is 0 Å². The summed E-state index contributed by atoms with van der Waals surface area (Å²) in [5.41, 5.74) is 0. The van der Waals surface area contributed by atoms with Crippen molar-refractivity contribution in [3.05, 3.63) is 0 Å². The molecule has 0 atom stereocenters. The molecule has 0 spiro atoms. The highest BCUT2D eigenvalue weighted by atomic mass is 16.2. The third kappa shape index (κ3) is 5.69. The summed E-state index contributed by atoms with van der Waals surface area (Å²) in [6, 6.07) is 0.600. The van der Waals surface area contributed by atoms with Gasteiger partial charge in [0.2, 0.25) is 11.8 Å². The Morgan fingerprint density at radius 2 is 1.52 bits per heavy atom. The quantitative estimate of drug-likeness (QED) is 0.774. The van der Waals surface area contributed by atoms with Crippen molar-refractivity contribution in [3.8, 4) is 0 Å². The van der Waals surface area contributed by atoms with Crippen molar-refractivity contribution >= 4 is 11.8 Å². The van der Waals surface area contributed by atoms with Gasteiger partial charge in [-0.3, -0.25) is 9.59 Å². The van der Waals surface area contributed by atoms with E-state index in [1.165, 1.54) is 12.8 Å². The number of hydrogen-bond donors (Lipinski definition) is 1. The van der Waals surface area contributed by atoms with Crippen molar-refractivity contribution in [2.24, 2.45) is 17.8 Å². The second-order valence-electron chi connectivity index (χ2n) is 9.32. The van der Waals surface area contributed by atoms with Crippen LogP contribution in [0.25, 0.3) is 0 Å². The lowest BCUT2D eigenvalue weighted by molar-refractivity contribution is -0.137. The van der Waals surface area contributed by atoms with Crippen LogP contribution in [0.15, 0.2) is 0 Å². The zero-order valence-electron chi connectivity index (χ0n) is 17.4. The number of carbonyl (C=O) groups excluding carboxylic acids is 2. The fourth-order valence-corrected chi connectivity index (χ4v) is 5.04. The Morgan fingerprint density at radius 3 is 2.11 bits per heavy atom. The van der Waals surface area contributed by atoms with Crippen molar-refractivity contribution in [3.63, 3.8) is 0 Å². The molecule has 0 unspecified atom stereocenters. The maximum Gasteiger partial charge on any atom is 0.225 e. The van der Waals surface area contributed by atoms with Gasteiger partial charge in [-0.25, -0.2) is 0 Å². The highest BCUT2D eigenvalue weighted by Gasteiger charge is 2.33. The first-order chi connectivity index (χ1) is 13.0. The Hall–Kier alpha value is -1.10. The molecular weight excluding hydrogens is 338 g/mol. The monoisotopic (exact) mass is 377 g/mol. The lowest BCUT2D eigenvalue weighted by Gasteiger charge is -2.42. The molecule has 2 amide bonds. The van der Waals surface area contributed by atoms with E-state index in [0.29, 0.717) is 23.8 Å². The standard InChI is InChI=1S/C22H39N3O2/c1-17(2)7-12-23-21(26)18-8-13-24(14-9-18)20-10-15-25(16-11-20)22(27)19-5-3-4-6-19/h17-20H,3-16H2,1-2H3,(H,23,26). The van der Waals surface area contributed by atoms with E-state index in [0.717, 1.165) is 77.7 Å². The molecule has 1 saturated carbocycles. The molecule has 0 radical (unpaired) electrons. The van der Waals surface area contributed by atoms with Gasteiger partial charge < -0.3 is 15.1 Å². The average molecular weight is 378 g/mol. The first kappa shape index (κ1) is 20.6. The number of carbonyl (C=O) groups is 2. The second kappa shape index (κ2) is 9.90. The maximum absolute atomic E-state index is 12.6. The lowest BCUT2D eigenvalue weighted by Crippen LogP contribution is -2.50. The molecule has 5 nitrogen and oxygen atoms in total. The molecular formula is C22H39N3O2. The Labute approximate surface area is 165 Å². The van der Waals surface area contributed by atoms with Crippen LogP contribution in [0.2, 0.25) is 0 Å². The van der Waals surface area contributed by atoms with Gasteiger partial charge in [-0.15, -0.1) is 0 Å². The number of hydrogen-bond acceptors (Lipinski definition) is 3. The Morgan fingerprint density at radius 1 is 0.889 bits per heavy atom. The molecule has 0 aromatic heterocycles. The molecule has 2 heterocycles. The van der Waals surface area contributed by atoms with E-state index in [9.17, 15) is 9.59 Å². The van der Waals surface area contributed by atoms with E-state index in [1.807, 2.05) is 0 Å². The number of rotatable bonds is 6. The van der Waals surface area contributed by atoms with E-state index in [1.54, 1.807) is 0 Å². The molecule has 5 heteroatoms. The number of piperidine rings is 2. The van der Waals surface area contributed by atoms with Crippen LogP contribution in [0, 0.1) is 17.8 Å². The third-order valence-corrected chi connectivity index (χ3v) is 6.92. The molecule has 3 aliphatic rings. The normalized spacial score (nSPS) is 23.9. The molecule has 0 aromatic carbocycles. The predicted molar refractivity (Wildman–Crippen MR) is 108 cm³/mol. The van der Waals surface area contributed by atoms with Crippen molar-refractivity contribution < 1.29 is 9.59 Å². The van der Waals surface area contributed by atoms with Crippen LogP contribution in [-0.4, -0.2) is 60.4 Å². The molecule has 27 heavy (non-hydrogen) atoms. The predicted octanol–water partition coefficient (Wildman–Crippen LogP) is 3.04. The van der Waals surface area contributed by atoms with Crippen LogP contribution in [-0.2, 0) is 9.59 Å².